The van der Waals surface area contributed by atoms with Crippen LogP contribution in [0.25, 0.3) is 0 Å². The molecule has 100 valence electrons. The molecule has 2 amide bonds. The Labute approximate surface area is 109 Å². The summed E-state index contributed by atoms with van der Waals surface area (Å²) in [5.74, 6) is 0.405. The molecule has 0 aromatic rings. The molecule has 2 saturated carbocycles. The maximum absolute atomic E-state index is 12.2. The number of likely N-dealkylation sites (tertiary alicyclic amines) is 1. The van der Waals surface area contributed by atoms with Crippen LogP contribution in [0.2, 0.25) is 0 Å². The summed E-state index contributed by atoms with van der Waals surface area (Å²) in [5.41, 5.74) is 0. The van der Waals surface area contributed by atoms with Crippen LogP contribution in [0.4, 0.5) is 0 Å². The van der Waals surface area contributed by atoms with Gasteiger partial charge >= 0.3 is 0 Å². The van der Waals surface area contributed by atoms with Crippen LogP contribution in [0.5, 0.6) is 0 Å². The molecule has 3 nitrogen and oxygen atoms in total. The quantitative estimate of drug-likeness (QED) is 0.529. The fourth-order valence-electron chi connectivity index (χ4n) is 3.72. The van der Waals surface area contributed by atoms with Crippen molar-refractivity contribution in [2.75, 3.05) is 0 Å². The molecule has 0 radical (unpaired) electrons. The van der Waals surface area contributed by atoms with Gasteiger partial charge in [0.25, 0.3) is 0 Å². The van der Waals surface area contributed by atoms with Crippen molar-refractivity contribution in [1.29, 1.82) is 0 Å². The maximum atomic E-state index is 12.2. The second-order valence-electron chi connectivity index (χ2n) is 5.48. The van der Waals surface area contributed by atoms with Crippen LogP contribution in [0.3, 0.4) is 0 Å². The SMILES string of the molecule is C=C.O=C1C2CCCC2C(=O)N1C1CCCCC1. The first kappa shape index (κ1) is 13.3. The van der Waals surface area contributed by atoms with E-state index in [0.717, 1.165) is 32.1 Å². The van der Waals surface area contributed by atoms with Gasteiger partial charge in [-0.25, -0.2) is 0 Å². The third kappa shape index (κ3) is 2.11. The van der Waals surface area contributed by atoms with Crippen LogP contribution in [0.1, 0.15) is 51.4 Å². The summed E-state index contributed by atoms with van der Waals surface area (Å²) in [6.45, 7) is 6.00. The lowest BCUT2D eigenvalue weighted by molar-refractivity contribution is -0.143. The maximum Gasteiger partial charge on any atom is 0.233 e. The first-order valence-electron chi connectivity index (χ1n) is 7.16. The lowest BCUT2D eigenvalue weighted by atomic mass is 9.94. The van der Waals surface area contributed by atoms with E-state index in [0.29, 0.717) is 0 Å². The first-order valence-corrected chi connectivity index (χ1v) is 7.16. The smallest absolute Gasteiger partial charge is 0.233 e. The highest BCUT2D eigenvalue weighted by Gasteiger charge is 2.51. The highest BCUT2D eigenvalue weighted by molar-refractivity contribution is 6.05. The van der Waals surface area contributed by atoms with Crippen molar-refractivity contribution < 1.29 is 9.59 Å². The third-order valence-corrected chi connectivity index (χ3v) is 4.57. The van der Waals surface area contributed by atoms with E-state index in [2.05, 4.69) is 13.2 Å². The number of fused-ring (bicyclic) bond motifs is 1. The van der Waals surface area contributed by atoms with Crippen LogP contribution < -0.4 is 0 Å². The van der Waals surface area contributed by atoms with Gasteiger partial charge in [0, 0.05) is 6.04 Å². The van der Waals surface area contributed by atoms with E-state index in [1.54, 1.807) is 4.90 Å². The Hall–Kier alpha value is -1.12. The molecule has 0 spiro atoms. The predicted octanol–water partition coefficient (Wildman–Crippen LogP) is 2.91. The summed E-state index contributed by atoms with van der Waals surface area (Å²) >= 11 is 0. The van der Waals surface area contributed by atoms with Gasteiger partial charge in [-0.3, -0.25) is 14.5 Å². The van der Waals surface area contributed by atoms with E-state index in [1.807, 2.05) is 0 Å². The molecular formula is C15H23NO2. The van der Waals surface area contributed by atoms with E-state index in [1.165, 1.54) is 19.3 Å². The lowest BCUT2D eigenvalue weighted by Gasteiger charge is -2.30. The Morgan fingerprint density at radius 1 is 0.778 bits per heavy atom. The molecule has 3 fully saturated rings. The minimum absolute atomic E-state index is 0.0504. The highest BCUT2D eigenvalue weighted by Crippen LogP contribution is 2.42. The Morgan fingerprint density at radius 2 is 1.28 bits per heavy atom. The fraction of sp³-hybridized carbons (Fsp3) is 0.733. The topological polar surface area (TPSA) is 37.4 Å². The first-order chi connectivity index (χ1) is 8.79. The van der Waals surface area contributed by atoms with E-state index in [4.69, 9.17) is 0 Å². The summed E-state index contributed by atoms with van der Waals surface area (Å²) in [6.07, 6.45) is 8.64. The van der Waals surface area contributed by atoms with Crippen molar-refractivity contribution in [2.24, 2.45) is 11.8 Å². The molecule has 1 aliphatic heterocycles. The van der Waals surface area contributed by atoms with Crippen molar-refractivity contribution in [3.63, 3.8) is 0 Å². The van der Waals surface area contributed by atoms with Crippen LogP contribution in [0, 0.1) is 11.8 Å². The van der Waals surface area contributed by atoms with Gasteiger partial charge < -0.3 is 0 Å². The molecule has 3 rings (SSSR count). The molecule has 0 N–H and O–H groups in total. The minimum Gasteiger partial charge on any atom is -0.279 e. The molecule has 0 aromatic heterocycles. The standard InChI is InChI=1S/C13H19NO2.C2H4/c15-12-10-7-4-8-11(10)13(16)14(12)9-5-2-1-3-6-9;1-2/h9-11H,1-8H2;1-2H2. The second kappa shape index (κ2) is 5.68. The van der Waals surface area contributed by atoms with Gasteiger partial charge in [0.1, 0.15) is 0 Å². The van der Waals surface area contributed by atoms with Crippen molar-refractivity contribution in [3.8, 4) is 0 Å². The Morgan fingerprint density at radius 3 is 1.78 bits per heavy atom. The summed E-state index contributed by atoms with van der Waals surface area (Å²) < 4.78 is 0. The molecule has 2 atom stereocenters. The zero-order valence-corrected chi connectivity index (χ0v) is 11.1. The number of amides is 2. The molecule has 3 aliphatic rings. The van der Waals surface area contributed by atoms with Gasteiger partial charge in [0.2, 0.25) is 11.8 Å². The van der Waals surface area contributed by atoms with Gasteiger partial charge in [0.05, 0.1) is 11.8 Å². The number of carbonyl (C=O) groups is 2. The Balaban J connectivity index is 0.000000574. The van der Waals surface area contributed by atoms with Crippen molar-refractivity contribution in [3.05, 3.63) is 13.2 Å². The van der Waals surface area contributed by atoms with Gasteiger partial charge in [-0.15, -0.1) is 13.2 Å². The number of rotatable bonds is 1. The number of hydrogen-bond donors (Lipinski definition) is 0. The van der Waals surface area contributed by atoms with E-state index >= 15 is 0 Å². The number of carbonyl (C=O) groups excluding carboxylic acids is 2. The molecule has 0 aromatic carbocycles. The summed E-state index contributed by atoms with van der Waals surface area (Å²) in [7, 11) is 0. The normalized spacial score (nSPS) is 32.1. The Bertz CT molecular complexity index is 311. The zero-order valence-electron chi connectivity index (χ0n) is 11.1. The van der Waals surface area contributed by atoms with Crippen molar-refractivity contribution >= 4 is 11.8 Å². The van der Waals surface area contributed by atoms with Crippen LogP contribution in [-0.2, 0) is 9.59 Å². The van der Waals surface area contributed by atoms with Crippen LogP contribution in [-0.4, -0.2) is 22.8 Å². The van der Waals surface area contributed by atoms with Crippen LogP contribution in [0.15, 0.2) is 13.2 Å². The van der Waals surface area contributed by atoms with E-state index in [9.17, 15) is 9.59 Å². The number of imide groups is 1. The third-order valence-electron chi connectivity index (χ3n) is 4.57. The molecule has 1 saturated heterocycles. The largest absolute Gasteiger partial charge is 0.279 e. The molecular weight excluding hydrogens is 226 g/mol. The minimum atomic E-state index is 0.0504. The van der Waals surface area contributed by atoms with E-state index in [-0.39, 0.29) is 29.7 Å². The Kier molecular flexibility index (Phi) is 4.20. The van der Waals surface area contributed by atoms with Gasteiger partial charge in [-0.2, -0.15) is 0 Å². The average molecular weight is 249 g/mol. The van der Waals surface area contributed by atoms with Crippen LogP contribution >= 0.6 is 0 Å². The molecule has 1 heterocycles. The summed E-state index contributed by atoms with van der Waals surface area (Å²) in [5, 5.41) is 0. The molecule has 0 bridgehead atoms. The highest BCUT2D eigenvalue weighted by atomic mass is 16.2. The van der Waals surface area contributed by atoms with Crippen molar-refractivity contribution in [2.45, 2.75) is 57.4 Å². The molecule has 2 unspecified atom stereocenters. The molecule has 3 heteroatoms. The summed E-state index contributed by atoms with van der Waals surface area (Å²) in [6, 6.07) is 0.236. The lowest BCUT2D eigenvalue weighted by Crippen LogP contribution is -2.42. The predicted molar refractivity (Wildman–Crippen MR) is 70.8 cm³/mol. The number of nitrogens with zero attached hydrogens (tertiary/aromatic N) is 1. The number of hydrogen-bond acceptors (Lipinski definition) is 2. The van der Waals surface area contributed by atoms with Gasteiger partial charge in [-0.05, 0) is 25.7 Å². The summed E-state index contributed by atoms with van der Waals surface area (Å²) in [4.78, 5) is 26.0. The molecule has 2 aliphatic carbocycles. The van der Waals surface area contributed by atoms with Gasteiger partial charge in [-0.1, -0.05) is 25.7 Å². The second-order valence-corrected chi connectivity index (χ2v) is 5.48. The van der Waals surface area contributed by atoms with Gasteiger partial charge in [0.15, 0.2) is 0 Å². The van der Waals surface area contributed by atoms with Crippen molar-refractivity contribution in [1.82, 2.24) is 4.90 Å². The molecule has 18 heavy (non-hydrogen) atoms. The zero-order chi connectivity index (χ0) is 13.1. The monoisotopic (exact) mass is 249 g/mol. The van der Waals surface area contributed by atoms with E-state index < -0.39 is 0 Å². The average Bonchev–Trinajstić information content (AvgIpc) is 2.98. The fourth-order valence-corrected chi connectivity index (χ4v) is 3.72.